The summed E-state index contributed by atoms with van der Waals surface area (Å²) in [7, 11) is -3.42. The van der Waals surface area contributed by atoms with Crippen molar-refractivity contribution in [2.24, 2.45) is 0 Å². The molecule has 1 N–H and O–H groups in total. The van der Waals surface area contributed by atoms with Gasteiger partial charge in [-0.05, 0) is 29.8 Å². The summed E-state index contributed by atoms with van der Waals surface area (Å²) >= 11 is 0. The molecule has 0 saturated carbocycles. The minimum absolute atomic E-state index is 0.157. The van der Waals surface area contributed by atoms with Crippen molar-refractivity contribution < 1.29 is 12.8 Å². The van der Waals surface area contributed by atoms with E-state index in [9.17, 15) is 12.8 Å². The van der Waals surface area contributed by atoms with Crippen LogP contribution in [0.1, 0.15) is 11.3 Å². The average Bonchev–Trinajstić information content (AvgIpc) is 2.42. The molecule has 0 amide bonds. The summed E-state index contributed by atoms with van der Waals surface area (Å²) in [6.07, 6.45) is 2.20. The lowest BCUT2D eigenvalue weighted by Gasteiger charge is -2.06. The molecule has 0 aliphatic rings. The Bertz CT molecular complexity index is 643. The van der Waals surface area contributed by atoms with Gasteiger partial charge in [0.1, 0.15) is 5.82 Å². The highest BCUT2D eigenvalue weighted by molar-refractivity contribution is 7.88. The summed E-state index contributed by atoms with van der Waals surface area (Å²) in [6, 6.07) is 10.9. The Kier molecular flexibility index (Phi) is 4.81. The second kappa shape index (κ2) is 6.58. The summed E-state index contributed by atoms with van der Waals surface area (Å²) in [4.78, 5) is 4.12. The van der Waals surface area contributed by atoms with Crippen molar-refractivity contribution in [2.75, 3.05) is 6.54 Å². The third-order valence-corrected chi connectivity index (χ3v) is 4.06. The number of sulfonamides is 1. The predicted octanol–water partition coefficient (Wildman–Crippen LogP) is 1.88. The first-order chi connectivity index (χ1) is 9.55. The molecule has 0 atom stereocenters. The van der Waals surface area contributed by atoms with E-state index < -0.39 is 10.0 Å². The zero-order chi connectivity index (χ0) is 14.4. The van der Waals surface area contributed by atoms with E-state index in [-0.39, 0.29) is 11.6 Å². The fourth-order valence-electron chi connectivity index (χ4n) is 1.73. The number of rotatable bonds is 6. The molecule has 0 fully saturated rings. The molecule has 0 aliphatic carbocycles. The van der Waals surface area contributed by atoms with Crippen molar-refractivity contribution in [3.05, 3.63) is 65.7 Å². The quantitative estimate of drug-likeness (QED) is 0.885. The fraction of sp³-hybridized carbons (Fsp3) is 0.214. The largest absolute Gasteiger partial charge is 0.261 e. The van der Waals surface area contributed by atoms with Crippen LogP contribution in [0.4, 0.5) is 4.39 Å². The van der Waals surface area contributed by atoms with Crippen molar-refractivity contribution in [3.63, 3.8) is 0 Å². The Morgan fingerprint density at radius 3 is 2.50 bits per heavy atom. The van der Waals surface area contributed by atoms with E-state index in [1.807, 2.05) is 18.2 Å². The van der Waals surface area contributed by atoms with Gasteiger partial charge in [0, 0.05) is 24.9 Å². The summed E-state index contributed by atoms with van der Waals surface area (Å²) in [5, 5.41) is 0. The second-order valence-electron chi connectivity index (χ2n) is 4.35. The molecule has 0 unspecified atom stereocenters. The summed E-state index contributed by atoms with van der Waals surface area (Å²) in [5.74, 6) is -0.538. The van der Waals surface area contributed by atoms with Gasteiger partial charge in [0.15, 0.2) is 0 Å². The number of nitrogens with zero attached hydrogens (tertiary/aromatic N) is 1. The molecule has 0 spiro atoms. The van der Waals surface area contributed by atoms with Crippen molar-refractivity contribution in [2.45, 2.75) is 12.2 Å². The van der Waals surface area contributed by atoms with Gasteiger partial charge in [-0.25, -0.2) is 17.5 Å². The zero-order valence-corrected chi connectivity index (χ0v) is 11.6. The van der Waals surface area contributed by atoms with E-state index in [1.54, 1.807) is 6.20 Å². The van der Waals surface area contributed by atoms with Crippen LogP contribution in [0, 0.1) is 5.82 Å². The van der Waals surface area contributed by atoms with E-state index in [0.29, 0.717) is 18.5 Å². The highest BCUT2D eigenvalue weighted by Crippen LogP contribution is 2.06. The Morgan fingerprint density at radius 1 is 1.10 bits per heavy atom. The van der Waals surface area contributed by atoms with Crippen molar-refractivity contribution in [3.8, 4) is 0 Å². The molecule has 6 heteroatoms. The van der Waals surface area contributed by atoms with Crippen LogP contribution in [-0.4, -0.2) is 19.9 Å². The number of halogens is 1. The first-order valence-corrected chi connectivity index (χ1v) is 7.82. The normalized spacial score (nSPS) is 11.4. The average molecular weight is 294 g/mol. The van der Waals surface area contributed by atoms with Crippen LogP contribution < -0.4 is 4.72 Å². The van der Waals surface area contributed by atoms with E-state index >= 15 is 0 Å². The number of aromatic nitrogens is 1. The molecule has 2 aromatic rings. The third-order valence-electron chi connectivity index (χ3n) is 2.70. The predicted molar refractivity (Wildman–Crippen MR) is 75.0 cm³/mol. The SMILES string of the molecule is O=S(=O)(Cc1ccc(F)cc1)NCCc1ccccn1. The molecule has 1 heterocycles. The number of benzene rings is 1. The van der Waals surface area contributed by atoms with Crippen LogP contribution in [0.5, 0.6) is 0 Å². The summed E-state index contributed by atoms with van der Waals surface area (Å²) < 4.78 is 38.9. The van der Waals surface area contributed by atoms with E-state index in [2.05, 4.69) is 9.71 Å². The van der Waals surface area contributed by atoms with Crippen LogP contribution in [0.25, 0.3) is 0 Å². The maximum atomic E-state index is 12.7. The summed E-state index contributed by atoms with van der Waals surface area (Å²) in [5.41, 5.74) is 1.38. The highest BCUT2D eigenvalue weighted by atomic mass is 32.2. The second-order valence-corrected chi connectivity index (χ2v) is 6.16. The van der Waals surface area contributed by atoms with Gasteiger partial charge in [0.05, 0.1) is 5.75 Å². The number of hydrogen-bond acceptors (Lipinski definition) is 3. The molecule has 1 aromatic carbocycles. The molecule has 2 rings (SSSR count). The van der Waals surface area contributed by atoms with Gasteiger partial charge < -0.3 is 0 Å². The Hall–Kier alpha value is -1.79. The maximum absolute atomic E-state index is 12.7. The number of nitrogens with one attached hydrogen (secondary N) is 1. The molecular formula is C14H15FN2O2S. The third kappa shape index (κ3) is 4.71. The van der Waals surface area contributed by atoms with Crippen LogP contribution >= 0.6 is 0 Å². The number of hydrogen-bond donors (Lipinski definition) is 1. The minimum Gasteiger partial charge on any atom is -0.261 e. The zero-order valence-electron chi connectivity index (χ0n) is 10.8. The topological polar surface area (TPSA) is 59.1 Å². The van der Waals surface area contributed by atoms with Gasteiger partial charge in [0.25, 0.3) is 0 Å². The monoisotopic (exact) mass is 294 g/mol. The van der Waals surface area contributed by atoms with Crippen LogP contribution in [0.3, 0.4) is 0 Å². The lowest BCUT2D eigenvalue weighted by molar-refractivity contribution is 0.580. The highest BCUT2D eigenvalue weighted by Gasteiger charge is 2.11. The van der Waals surface area contributed by atoms with Gasteiger partial charge in [0.2, 0.25) is 10.0 Å². The van der Waals surface area contributed by atoms with Gasteiger partial charge in [-0.3, -0.25) is 4.98 Å². The Labute approximate surface area is 117 Å². The molecule has 0 aliphatic heterocycles. The fourth-order valence-corrected chi connectivity index (χ4v) is 2.88. The first-order valence-electron chi connectivity index (χ1n) is 6.17. The van der Waals surface area contributed by atoms with Crippen LogP contribution in [0.2, 0.25) is 0 Å². The van der Waals surface area contributed by atoms with Gasteiger partial charge in [-0.2, -0.15) is 0 Å². The maximum Gasteiger partial charge on any atom is 0.215 e. The van der Waals surface area contributed by atoms with Crippen LogP contribution in [0.15, 0.2) is 48.7 Å². The van der Waals surface area contributed by atoms with Crippen molar-refractivity contribution in [1.29, 1.82) is 0 Å². The van der Waals surface area contributed by atoms with Crippen molar-refractivity contribution >= 4 is 10.0 Å². The number of pyridine rings is 1. The van der Waals surface area contributed by atoms with E-state index in [1.165, 1.54) is 24.3 Å². The molecule has 20 heavy (non-hydrogen) atoms. The van der Waals surface area contributed by atoms with Gasteiger partial charge in [-0.15, -0.1) is 0 Å². The van der Waals surface area contributed by atoms with Gasteiger partial charge in [-0.1, -0.05) is 18.2 Å². The summed E-state index contributed by atoms with van der Waals surface area (Å²) in [6.45, 7) is 0.292. The molecule has 0 saturated heterocycles. The first kappa shape index (κ1) is 14.6. The lowest BCUT2D eigenvalue weighted by atomic mass is 10.2. The molecular weight excluding hydrogens is 279 g/mol. The molecule has 0 radical (unpaired) electrons. The smallest absolute Gasteiger partial charge is 0.215 e. The molecule has 0 bridgehead atoms. The van der Waals surface area contributed by atoms with Crippen LogP contribution in [-0.2, 0) is 22.2 Å². The lowest BCUT2D eigenvalue weighted by Crippen LogP contribution is -2.27. The van der Waals surface area contributed by atoms with E-state index in [0.717, 1.165) is 5.69 Å². The Morgan fingerprint density at radius 2 is 1.85 bits per heavy atom. The van der Waals surface area contributed by atoms with E-state index in [4.69, 9.17) is 0 Å². The molecule has 4 nitrogen and oxygen atoms in total. The molecule has 106 valence electrons. The standard InChI is InChI=1S/C14H15FN2O2S/c15-13-6-4-12(5-7-13)11-20(18,19)17-10-8-14-3-1-2-9-16-14/h1-7,9,17H,8,10-11H2. The minimum atomic E-state index is -3.42. The van der Waals surface area contributed by atoms with Gasteiger partial charge >= 0.3 is 0 Å². The molecule has 1 aromatic heterocycles. The Balaban J connectivity index is 1.86. The van der Waals surface area contributed by atoms with Crippen molar-refractivity contribution in [1.82, 2.24) is 9.71 Å².